The molecule has 0 saturated carbocycles. The highest BCUT2D eigenvalue weighted by molar-refractivity contribution is 7.87. The number of allylic oxidation sites excluding steroid dienone is 1. The van der Waals surface area contributed by atoms with Crippen LogP contribution in [-0.2, 0) is 10.1 Å². The van der Waals surface area contributed by atoms with Crippen LogP contribution in [0.2, 0.25) is 0 Å². The number of rotatable bonds is 6. The van der Waals surface area contributed by atoms with Crippen molar-refractivity contribution >= 4 is 22.0 Å². The molecule has 0 atom stereocenters. The summed E-state index contributed by atoms with van der Waals surface area (Å²) in [4.78, 5) is 12.8. The predicted octanol–water partition coefficient (Wildman–Crippen LogP) is 4.09. The van der Waals surface area contributed by atoms with Gasteiger partial charge in [-0.3, -0.25) is 4.79 Å². The smallest absolute Gasteiger partial charge is 0.339 e. The quantitative estimate of drug-likeness (QED) is 0.423. The van der Waals surface area contributed by atoms with Crippen LogP contribution in [0.15, 0.2) is 77.4 Å². The third-order valence-electron chi connectivity index (χ3n) is 4.60. The second-order valence-corrected chi connectivity index (χ2v) is 8.10. The zero-order valence-corrected chi connectivity index (χ0v) is 17.5. The highest BCUT2D eigenvalue weighted by atomic mass is 32.2. The van der Waals surface area contributed by atoms with Gasteiger partial charge in [0.2, 0.25) is 5.78 Å². The van der Waals surface area contributed by atoms with E-state index >= 15 is 0 Å². The highest BCUT2D eigenvalue weighted by Gasteiger charge is 2.29. The van der Waals surface area contributed by atoms with E-state index in [0.717, 1.165) is 0 Å². The van der Waals surface area contributed by atoms with Crippen LogP contribution in [0, 0.1) is 0 Å². The number of fused-ring (bicyclic) bond motifs is 1. The van der Waals surface area contributed by atoms with E-state index < -0.39 is 10.1 Å². The van der Waals surface area contributed by atoms with Gasteiger partial charge in [-0.2, -0.15) is 8.42 Å². The predicted molar refractivity (Wildman–Crippen MR) is 113 cm³/mol. The van der Waals surface area contributed by atoms with Crippen molar-refractivity contribution in [1.29, 1.82) is 0 Å². The molecule has 0 fully saturated rings. The van der Waals surface area contributed by atoms with Gasteiger partial charge in [0.05, 0.1) is 19.8 Å². The molecule has 8 heteroatoms. The second kappa shape index (κ2) is 8.16. The van der Waals surface area contributed by atoms with Crippen LogP contribution in [-0.4, -0.2) is 28.4 Å². The molecule has 0 spiro atoms. The van der Waals surface area contributed by atoms with Crippen LogP contribution in [0.3, 0.4) is 0 Å². The van der Waals surface area contributed by atoms with E-state index in [-0.39, 0.29) is 27.9 Å². The van der Waals surface area contributed by atoms with Crippen molar-refractivity contribution in [3.8, 4) is 23.0 Å². The van der Waals surface area contributed by atoms with Crippen LogP contribution < -0.4 is 18.4 Å². The van der Waals surface area contributed by atoms with Gasteiger partial charge in [0.15, 0.2) is 5.76 Å². The van der Waals surface area contributed by atoms with Crippen molar-refractivity contribution in [1.82, 2.24) is 0 Å². The Kier molecular flexibility index (Phi) is 5.39. The molecule has 7 nitrogen and oxygen atoms in total. The van der Waals surface area contributed by atoms with Crippen molar-refractivity contribution in [2.75, 3.05) is 14.2 Å². The lowest BCUT2D eigenvalue weighted by molar-refractivity contribution is 0.101. The first-order chi connectivity index (χ1) is 14.9. The Bertz CT molecular complexity index is 1280. The average molecular weight is 438 g/mol. The largest absolute Gasteiger partial charge is 0.497 e. The fraction of sp³-hybridized carbons (Fsp3) is 0.0870. The van der Waals surface area contributed by atoms with Gasteiger partial charge in [-0.1, -0.05) is 18.2 Å². The number of ether oxygens (including phenoxy) is 3. The lowest BCUT2D eigenvalue weighted by Crippen LogP contribution is -2.09. The normalized spacial score (nSPS) is 14.1. The average Bonchev–Trinajstić information content (AvgIpc) is 3.08. The van der Waals surface area contributed by atoms with Crippen LogP contribution in [0.1, 0.15) is 15.9 Å². The van der Waals surface area contributed by atoms with Crippen molar-refractivity contribution in [3.63, 3.8) is 0 Å². The molecule has 0 aliphatic carbocycles. The summed E-state index contributed by atoms with van der Waals surface area (Å²) in [5.74, 6) is 1.12. The van der Waals surface area contributed by atoms with E-state index in [0.29, 0.717) is 22.6 Å². The summed E-state index contributed by atoms with van der Waals surface area (Å²) in [6.45, 7) is 0. The maximum atomic E-state index is 12.7. The van der Waals surface area contributed by atoms with E-state index in [1.54, 1.807) is 42.5 Å². The third-order valence-corrected chi connectivity index (χ3v) is 5.86. The minimum atomic E-state index is -4.01. The standard InChI is InChI=1S/C23H18O7S/c1-27-16-9-11-20(28-2)15(12-16)13-22-23(24)19-10-8-17(14-21(19)29-22)30-31(25,26)18-6-4-3-5-7-18/h3-14H,1-2H3. The zero-order valence-electron chi connectivity index (χ0n) is 16.7. The van der Waals surface area contributed by atoms with Gasteiger partial charge >= 0.3 is 10.1 Å². The van der Waals surface area contributed by atoms with Gasteiger partial charge in [-0.25, -0.2) is 0 Å². The molecule has 1 aliphatic rings. The molecule has 1 aliphatic heterocycles. The minimum absolute atomic E-state index is 0.0261. The van der Waals surface area contributed by atoms with E-state index in [1.807, 2.05) is 0 Å². The van der Waals surface area contributed by atoms with Crippen LogP contribution in [0.25, 0.3) is 6.08 Å². The van der Waals surface area contributed by atoms with Gasteiger partial charge in [0, 0.05) is 11.6 Å². The number of carbonyl (C=O) groups is 1. The number of methoxy groups -OCH3 is 2. The van der Waals surface area contributed by atoms with Crippen molar-refractivity contribution in [2.45, 2.75) is 4.90 Å². The van der Waals surface area contributed by atoms with Crippen molar-refractivity contribution < 1.29 is 31.6 Å². The van der Waals surface area contributed by atoms with Gasteiger partial charge in [0.1, 0.15) is 27.9 Å². The van der Waals surface area contributed by atoms with E-state index in [9.17, 15) is 13.2 Å². The van der Waals surface area contributed by atoms with Crippen LogP contribution in [0.4, 0.5) is 0 Å². The van der Waals surface area contributed by atoms with Crippen molar-refractivity contribution in [3.05, 3.63) is 83.6 Å². The highest BCUT2D eigenvalue weighted by Crippen LogP contribution is 2.37. The van der Waals surface area contributed by atoms with Crippen molar-refractivity contribution in [2.24, 2.45) is 0 Å². The van der Waals surface area contributed by atoms with Gasteiger partial charge in [0.25, 0.3) is 0 Å². The molecule has 3 aromatic carbocycles. The SMILES string of the molecule is COc1ccc(OC)c(C=C2Oc3cc(OS(=O)(=O)c4ccccc4)ccc3C2=O)c1. The number of carbonyl (C=O) groups excluding carboxylic acids is 1. The Hall–Kier alpha value is -3.78. The Balaban J connectivity index is 1.63. The van der Waals surface area contributed by atoms with Gasteiger partial charge in [-0.05, 0) is 48.5 Å². The number of hydrogen-bond acceptors (Lipinski definition) is 7. The monoisotopic (exact) mass is 438 g/mol. The van der Waals surface area contributed by atoms with E-state index in [2.05, 4.69) is 0 Å². The molecule has 0 N–H and O–H groups in total. The molecule has 31 heavy (non-hydrogen) atoms. The van der Waals surface area contributed by atoms with E-state index in [4.69, 9.17) is 18.4 Å². The fourth-order valence-corrected chi connectivity index (χ4v) is 4.02. The van der Waals surface area contributed by atoms with Crippen LogP contribution >= 0.6 is 0 Å². The molecule has 1 heterocycles. The maximum Gasteiger partial charge on any atom is 0.339 e. The summed E-state index contributed by atoms with van der Waals surface area (Å²) < 4.78 is 46.3. The molecule has 158 valence electrons. The second-order valence-electron chi connectivity index (χ2n) is 6.56. The topological polar surface area (TPSA) is 88.1 Å². The minimum Gasteiger partial charge on any atom is -0.497 e. The first kappa shape index (κ1) is 20.5. The molecular weight excluding hydrogens is 420 g/mol. The van der Waals surface area contributed by atoms with Crippen LogP contribution in [0.5, 0.6) is 23.0 Å². The molecule has 0 bridgehead atoms. The third kappa shape index (κ3) is 4.10. The lowest BCUT2D eigenvalue weighted by atomic mass is 10.1. The van der Waals surface area contributed by atoms with Gasteiger partial charge < -0.3 is 18.4 Å². The Morgan fingerprint density at radius 1 is 0.871 bits per heavy atom. The molecule has 4 rings (SSSR count). The Morgan fingerprint density at radius 3 is 2.32 bits per heavy atom. The maximum absolute atomic E-state index is 12.7. The molecule has 0 saturated heterocycles. The van der Waals surface area contributed by atoms with Gasteiger partial charge in [-0.15, -0.1) is 0 Å². The number of benzene rings is 3. The lowest BCUT2D eigenvalue weighted by Gasteiger charge is -2.08. The summed E-state index contributed by atoms with van der Waals surface area (Å²) >= 11 is 0. The number of ketones is 1. The molecule has 0 aromatic heterocycles. The molecular formula is C23H18O7S. The Morgan fingerprint density at radius 2 is 1.61 bits per heavy atom. The molecule has 0 unspecified atom stereocenters. The molecule has 0 amide bonds. The molecule has 0 radical (unpaired) electrons. The fourth-order valence-electron chi connectivity index (χ4n) is 3.07. The summed E-state index contributed by atoms with van der Waals surface area (Å²) in [7, 11) is -0.950. The summed E-state index contributed by atoms with van der Waals surface area (Å²) in [5, 5.41) is 0. The summed E-state index contributed by atoms with van der Waals surface area (Å²) in [5.41, 5.74) is 0.902. The van der Waals surface area contributed by atoms with E-state index in [1.165, 1.54) is 44.6 Å². The Labute approximate surface area is 179 Å². The number of Topliss-reactive ketones (excluding diaryl/α,β-unsaturated/α-hetero) is 1. The zero-order chi connectivity index (χ0) is 22.0. The number of hydrogen-bond donors (Lipinski definition) is 0. The first-order valence-corrected chi connectivity index (χ1v) is 10.6. The molecule has 3 aromatic rings. The summed E-state index contributed by atoms with van der Waals surface area (Å²) in [6.07, 6.45) is 1.55. The first-order valence-electron chi connectivity index (χ1n) is 9.21. The summed E-state index contributed by atoms with van der Waals surface area (Å²) in [6, 6.07) is 17.2.